The van der Waals surface area contributed by atoms with Crippen molar-refractivity contribution in [3.63, 3.8) is 0 Å². The number of rotatable bonds is 5. The molecule has 2 amide bonds. The van der Waals surface area contributed by atoms with Crippen LogP contribution in [0.15, 0.2) is 24.3 Å². The van der Waals surface area contributed by atoms with E-state index in [0.29, 0.717) is 19.1 Å². The van der Waals surface area contributed by atoms with Gasteiger partial charge in [0.2, 0.25) is 11.8 Å². The molecule has 2 heterocycles. The lowest BCUT2D eigenvalue weighted by atomic mass is 10.0. The molecule has 0 saturated carbocycles. The number of hydrogen-bond acceptors (Lipinski definition) is 3. The minimum Gasteiger partial charge on any atom is -0.351 e. The normalized spacial score (nSPS) is 23.8. The van der Waals surface area contributed by atoms with Crippen LogP contribution in [0.25, 0.3) is 0 Å². The van der Waals surface area contributed by atoms with Gasteiger partial charge in [0.1, 0.15) is 0 Å². The van der Waals surface area contributed by atoms with Gasteiger partial charge in [-0.05, 0) is 44.7 Å². The van der Waals surface area contributed by atoms with Crippen molar-refractivity contribution in [2.24, 2.45) is 0 Å². The molecule has 2 aliphatic rings. The molecule has 2 aliphatic heterocycles. The summed E-state index contributed by atoms with van der Waals surface area (Å²) < 4.78 is 0. The lowest BCUT2D eigenvalue weighted by molar-refractivity contribution is -0.130. The van der Waals surface area contributed by atoms with Crippen molar-refractivity contribution in [3.8, 4) is 0 Å². The Morgan fingerprint density at radius 1 is 1.08 bits per heavy atom. The Morgan fingerprint density at radius 3 is 2.48 bits per heavy atom. The zero-order valence-corrected chi connectivity index (χ0v) is 15.3. The standard InChI is InChI=1S/C20H29N3O2/c1-15-7-9-17(10-8-15)13-21-20(25)14-22-11-3-5-18(22)19-6-4-12-23(19)16(2)24/h7-10,18-19H,3-6,11-14H2,1-2H3,(H,21,25)/t18-,19+/m1/s1. The van der Waals surface area contributed by atoms with E-state index in [1.54, 1.807) is 6.92 Å². The molecule has 25 heavy (non-hydrogen) atoms. The molecular weight excluding hydrogens is 314 g/mol. The molecule has 0 aromatic heterocycles. The molecule has 0 unspecified atom stereocenters. The van der Waals surface area contributed by atoms with E-state index in [1.165, 1.54) is 5.56 Å². The Labute approximate surface area is 150 Å². The summed E-state index contributed by atoms with van der Waals surface area (Å²) in [4.78, 5) is 28.5. The maximum atomic E-state index is 12.4. The third-order valence-electron chi connectivity index (χ3n) is 5.52. The molecular formula is C20H29N3O2. The maximum absolute atomic E-state index is 12.4. The molecule has 3 rings (SSSR count). The third-order valence-corrected chi connectivity index (χ3v) is 5.52. The van der Waals surface area contributed by atoms with Crippen LogP contribution in [0.3, 0.4) is 0 Å². The van der Waals surface area contributed by atoms with Gasteiger partial charge in [0.05, 0.1) is 6.54 Å². The van der Waals surface area contributed by atoms with Crippen molar-refractivity contribution >= 4 is 11.8 Å². The predicted octanol–water partition coefficient (Wildman–Crippen LogP) is 2.09. The highest BCUT2D eigenvalue weighted by atomic mass is 16.2. The summed E-state index contributed by atoms with van der Waals surface area (Å²) in [5, 5.41) is 3.03. The summed E-state index contributed by atoms with van der Waals surface area (Å²) in [7, 11) is 0. The topological polar surface area (TPSA) is 52.7 Å². The second kappa shape index (κ2) is 8.00. The van der Waals surface area contributed by atoms with Gasteiger partial charge in [-0.25, -0.2) is 0 Å². The zero-order chi connectivity index (χ0) is 17.8. The third kappa shape index (κ3) is 4.40. The highest BCUT2D eigenvalue weighted by molar-refractivity contribution is 5.78. The number of carbonyl (C=O) groups is 2. The minimum atomic E-state index is 0.0693. The summed E-state index contributed by atoms with van der Waals surface area (Å²) >= 11 is 0. The van der Waals surface area contributed by atoms with Crippen LogP contribution in [0.4, 0.5) is 0 Å². The van der Waals surface area contributed by atoms with Crippen LogP contribution in [0.1, 0.15) is 43.7 Å². The van der Waals surface area contributed by atoms with Crippen LogP contribution < -0.4 is 5.32 Å². The second-order valence-corrected chi connectivity index (χ2v) is 7.36. The molecule has 0 radical (unpaired) electrons. The van der Waals surface area contributed by atoms with E-state index in [-0.39, 0.29) is 17.9 Å². The molecule has 1 N–H and O–H groups in total. The number of nitrogens with one attached hydrogen (secondary N) is 1. The number of benzene rings is 1. The largest absolute Gasteiger partial charge is 0.351 e. The number of likely N-dealkylation sites (tertiary alicyclic amines) is 2. The maximum Gasteiger partial charge on any atom is 0.234 e. The van der Waals surface area contributed by atoms with Gasteiger partial charge >= 0.3 is 0 Å². The van der Waals surface area contributed by atoms with E-state index in [0.717, 1.165) is 44.3 Å². The molecule has 0 spiro atoms. The van der Waals surface area contributed by atoms with Crippen molar-refractivity contribution < 1.29 is 9.59 Å². The average molecular weight is 343 g/mol. The number of aryl methyl sites for hydroxylation is 1. The van der Waals surface area contributed by atoms with E-state index in [4.69, 9.17) is 0 Å². The summed E-state index contributed by atoms with van der Waals surface area (Å²) in [6, 6.07) is 8.85. The van der Waals surface area contributed by atoms with Crippen molar-refractivity contribution in [3.05, 3.63) is 35.4 Å². The number of hydrogen-bond donors (Lipinski definition) is 1. The van der Waals surface area contributed by atoms with Crippen molar-refractivity contribution in [2.75, 3.05) is 19.6 Å². The lowest BCUT2D eigenvalue weighted by Crippen LogP contribution is -2.50. The van der Waals surface area contributed by atoms with Crippen LogP contribution in [-0.2, 0) is 16.1 Å². The van der Waals surface area contributed by atoms with Crippen LogP contribution in [0.2, 0.25) is 0 Å². The highest BCUT2D eigenvalue weighted by Crippen LogP contribution is 2.29. The van der Waals surface area contributed by atoms with Crippen LogP contribution >= 0.6 is 0 Å². The fourth-order valence-corrected chi connectivity index (χ4v) is 4.21. The molecule has 2 saturated heterocycles. The van der Waals surface area contributed by atoms with E-state index in [2.05, 4.69) is 41.4 Å². The lowest BCUT2D eigenvalue weighted by Gasteiger charge is -2.34. The summed E-state index contributed by atoms with van der Waals surface area (Å²) in [6.45, 7) is 6.53. The smallest absolute Gasteiger partial charge is 0.234 e. The Hall–Kier alpha value is -1.88. The molecule has 0 aliphatic carbocycles. The molecule has 2 atom stereocenters. The average Bonchev–Trinajstić information content (AvgIpc) is 3.22. The molecule has 136 valence electrons. The van der Waals surface area contributed by atoms with E-state index in [9.17, 15) is 9.59 Å². The van der Waals surface area contributed by atoms with Crippen LogP contribution in [-0.4, -0.2) is 53.3 Å². The Balaban J connectivity index is 1.53. The van der Waals surface area contributed by atoms with E-state index in [1.807, 2.05) is 4.90 Å². The first-order valence-electron chi connectivity index (χ1n) is 9.38. The van der Waals surface area contributed by atoms with Gasteiger partial charge in [-0.2, -0.15) is 0 Å². The van der Waals surface area contributed by atoms with Gasteiger partial charge in [-0.15, -0.1) is 0 Å². The SMILES string of the molecule is CC(=O)N1CCC[C@H]1[C@H]1CCCN1CC(=O)NCc1ccc(C)cc1. The van der Waals surface area contributed by atoms with Gasteiger partial charge in [0, 0.05) is 32.1 Å². The van der Waals surface area contributed by atoms with Gasteiger partial charge in [0.25, 0.3) is 0 Å². The molecule has 2 fully saturated rings. The molecule has 1 aromatic carbocycles. The van der Waals surface area contributed by atoms with Gasteiger partial charge in [-0.3, -0.25) is 14.5 Å². The first kappa shape index (κ1) is 17.9. The Kier molecular flexibility index (Phi) is 5.74. The van der Waals surface area contributed by atoms with Crippen molar-refractivity contribution in [1.29, 1.82) is 0 Å². The second-order valence-electron chi connectivity index (χ2n) is 7.36. The highest BCUT2D eigenvalue weighted by Gasteiger charge is 2.39. The minimum absolute atomic E-state index is 0.0693. The fraction of sp³-hybridized carbons (Fsp3) is 0.600. The summed E-state index contributed by atoms with van der Waals surface area (Å²) in [5.74, 6) is 0.234. The molecule has 5 nitrogen and oxygen atoms in total. The summed E-state index contributed by atoms with van der Waals surface area (Å²) in [6.07, 6.45) is 4.33. The monoisotopic (exact) mass is 343 g/mol. The van der Waals surface area contributed by atoms with Gasteiger partial charge in [-0.1, -0.05) is 29.8 Å². The Morgan fingerprint density at radius 2 is 1.76 bits per heavy atom. The van der Waals surface area contributed by atoms with Gasteiger partial charge < -0.3 is 10.2 Å². The predicted molar refractivity (Wildman–Crippen MR) is 98.0 cm³/mol. The summed E-state index contributed by atoms with van der Waals surface area (Å²) in [5.41, 5.74) is 2.34. The molecule has 5 heteroatoms. The first-order chi connectivity index (χ1) is 12.0. The van der Waals surface area contributed by atoms with E-state index < -0.39 is 0 Å². The van der Waals surface area contributed by atoms with Crippen molar-refractivity contribution in [2.45, 2.75) is 58.2 Å². The number of nitrogens with zero attached hydrogens (tertiary/aromatic N) is 2. The van der Waals surface area contributed by atoms with Crippen LogP contribution in [0, 0.1) is 6.92 Å². The number of amides is 2. The molecule has 0 bridgehead atoms. The zero-order valence-electron chi connectivity index (χ0n) is 15.3. The fourth-order valence-electron chi connectivity index (χ4n) is 4.21. The molecule has 1 aromatic rings. The first-order valence-corrected chi connectivity index (χ1v) is 9.38. The van der Waals surface area contributed by atoms with Crippen molar-refractivity contribution in [1.82, 2.24) is 15.1 Å². The number of carbonyl (C=O) groups excluding carboxylic acids is 2. The Bertz CT molecular complexity index is 614. The van der Waals surface area contributed by atoms with E-state index >= 15 is 0 Å². The van der Waals surface area contributed by atoms with Gasteiger partial charge in [0.15, 0.2) is 0 Å². The van der Waals surface area contributed by atoms with Crippen LogP contribution in [0.5, 0.6) is 0 Å². The quantitative estimate of drug-likeness (QED) is 0.891.